The van der Waals surface area contributed by atoms with E-state index in [0.29, 0.717) is 36.8 Å². The van der Waals surface area contributed by atoms with E-state index < -0.39 is 11.1 Å². The highest BCUT2D eigenvalue weighted by Gasteiger charge is 2.39. The Morgan fingerprint density at radius 2 is 1.79 bits per heavy atom. The van der Waals surface area contributed by atoms with E-state index in [4.69, 9.17) is 4.74 Å². The van der Waals surface area contributed by atoms with Crippen LogP contribution in [0.3, 0.4) is 0 Å². The Kier molecular flexibility index (Phi) is 6.21. The maximum absolute atomic E-state index is 13.2. The third-order valence-corrected chi connectivity index (χ3v) is 8.75. The standard InChI is InChI=1S/C30H36BrN5O3/c1-29(2,3)39-28(38)34-16-15-33(18-30(34,4)5)20-13-14-22-24(17-20)35(19-9-6-7-10-19)27-32-26(37)25-21(31)11-8-12-23(25)36(22)27/h8,11-14,17,19H,6-7,9-10,15-16,18H2,1-5H3. The fraction of sp³-hybridized carbons (Fsp3) is 0.500. The van der Waals surface area contributed by atoms with Crippen molar-refractivity contribution in [2.75, 3.05) is 24.5 Å². The molecule has 8 nitrogen and oxygen atoms in total. The molecule has 1 amide bonds. The average Bonchev–Trinajstić information content (AvgIpc) is 3.47. The number of hydrogen-bond donors (Lipinski definition) is 0. The van der Waals surface area contributed by atoms with Crippen molar-refractivity contribution in [1.82, 2.24) is 18.9 Å². The summed E-state index contributed by atoms with van der Waals surface area (Å²) in [4.78, 5) is 35.0. The highest BCUT2D eigenvalue weighted by Crippen LogP contribution is 2.38. The number of carbonyl (C=O) groups excluding carboxylic acids is 1. The molecule has 0 atom stereocenters. The number of rotatable bonds is 2. The lowest BCUT2D eigenvalue weighted by Crippen LogP contribution is -2.61. The predicted octanol–water partition coefficient (Wildman–Crippen LogP) is 6.52. The minimum Gasteiger partial charge on any atom is -0.444 e. The summed E-state index contributed by atoms with van der Waals surface area (Å²) in [6.45, 7) is 11.9. The summed E-state index contributed by atoms with van der Waals surface area (Å²) in [7, 11) is 0. The van der Waals surface area contributed by atoms with Gasteiger partial charge >= 0.3 is 6.09 Å². The van der Waals surface area contributed by atoms with Crippen LogP contribution >= 0.6 is 15.9 Å². The summed E-state index contributed by atoms with van der Waals surface area (Å²) in [5.41, 5.74) is 2.97. The second kappa shape index (κ2) is 9.25. The van der Waals surface area contributed by atoms with Crippen molar-refractivity contribution >= 4 is 55.4 Å². The number of amides is 1. The molecule has 0 radical (unpaired) electrons. The number of hydrogen-bond acceptors (Lipinski definition) is 5. The monoisotopic (exact) mass is 593 g/mol. The molecule has 0 N–H and O–H groups in total. The topological polar surface area (TPSA) is 72.1 Å². The first-order valence-corrected chi connectivity index (χ1v) is 14.6. The minimum absolute atomic E-state index is 0.209. The lowest BCUT2D eigenvalue weighted by molar-refractivity contribution is 0.000376. The summed E-state index contributed by atoms with van der Waals surface area (Å²) in [6, 6.07) is 12.7. The third-order valence-electron chi connectivity index (χ3n) is 8.09. The average molecular weight is 595 g/mol. The van der Waals surface area contributed by atoms with Gasteiger partial charge in [0, 0.05) is 35.8 Å². The molecule has 9 heteroatoms. The summed E-state index contributed by atoms with van der Waals surface area (Å²) in [5, 5.41) is 0.601. The normalized spacial score (nSPS) is 18.5. The molecule has 6 rings (SSSR count). The number of ether oxygens (including phenoxy) is 1. The molecule has 0 spiro atoms. The van der Waals surface area contributed by atoms with E-state index >= 15 is 0 Å². The molecule has 2 fully saturated rings. The maximum Gasteiger partial charge on any atom is 0.410 e. The van der Waals surface area contributed by atoms with Gasteiger partial charge in [-0.2, -0.15) is 4.98 Å². The van der Waals surface area contributed by atoms with Crippen molar-refractivity contribution in [3.05, 3.63) is 51.2 Å². The van der Waals surface area contributed by atoms with E-state index in [1.807, 2.05) is 43.9 Å². The second-order valence-electron chi connectivity index (χ2n) is 12.5. The van der Waals surface area contributed by atoms with Crippen molar-refractivity contribution in [2.45, 2.75) is 77.5 Å². The van der Waals surface area contributed by atoms with E-state index in [9.17, 15) is 9.59 Å². The maximum atomic E-state index is 13.2. The van der Waals surface area contributed by atoms with Gasteiger partial charge in [-0.3, -0.25) is 14.1 Å². The first-order chi connectivity index (χ1) is 18.4. The molecule has 39 heavy (non-hydrogen) atoms. The van der Waals surface area contributed by atoms with E-state index in [-0.39, 0.29) is 11.7 Å². The van der Waals surface area contributed by atoms with Crippen molar-refractivity contribution in [3.8, 4) is 0 Å². The van der Waals surface area contributed by atoms with Crippen LogP contribution in [0.25, 0.3) is 27.7 Å². The van der Waals surface area contributed by atoms with Crippen molar-refractivity contribution in [1.29, 1.82) is 0 Å². The van der Waals surface area contributed by atoms with Crippen molar-refractivity contribution < 1.29 is 9.53 Å². The van der Waals surface area contributed by atoms with E-state index in [1.165, 1.54) is 12.8 Å². The van der Waals surface area contributed by atoms with E-state index in [2.05, 4.69) is 66.8 Å². The van der Waals surface area contributed by atoms with Crippen LogP contribution in [-0.2, 0) is 4.74 Å². The molecular weight excluding hydrogens is 558 g/mol. The van der Waals surface area contributed by atoms with E-state index in [0.717, 1.165) is 39.6 Å². The summed E-state index contributed by atoms with van der Waals surface area (Å²) in [6.07, 6.45) is 4.26. The van der Waals surface area contributed by atoms with Crippen LogP contribution in [0.2, 0.25) is 0 Å². The zero-order chi connectivity index (χ0) is 27.7. The Morgan fingerprint density at radius 1 is 1.05 bits per heavy atom. The smallest absolute Gasteiger partial charge is 0.410 e. The van der Waals surface area contributed by atoms with Crippen molar-refractivity contribution in [2.24, 2.45) is 0 Å². The first kappa shape index (κ1) is 26.2. The van der Waals surface area contributed by atoms with Gasteiger partial charge in [0.05, 0.1) is 27.5 Å². The second-order valence-corrected chi connectivity index (χ2v) is 13.4. The molecule has 0 bridgehead atoms. The number of fused-ring (bicyclic) bond motifs is 5. The van der Waals surface area contributed by atoms with Crippen LogP contribution in [0, 0.1) is 0 Å². The van der Waals surface area contributed by atoms with Gasteiger partial charge in [-0.05, 0) is 93.7 Å². The molecule has 1 aliphatic heterocycles. The number of piperazine rings is 1. The van der Waals surface area contributed by atoms with Crippen LogP contribution in [-0.4, -0.2) is 55.7 Å². The lowest BCUT2D eigenvalue weighted by atomic mass is 9.98. The molecular formula is C30H36BrN5O3. The molecule has 2 aliphatic rings. The number of benzene rings is 2. The largest absolute Gasteiger partial charge is 0.444 e. The molecule has 2 aromatic carbocycles. The Balaban J connectivity index is 1.46. The number of imidazole rings is 1. The van der Waals surface area contributed by atoms with Crippen LogP contribution < -0.4 is 10.5 Å². The quantitative estimate of drug-likeness (QED) is 0.265. The highest BCUT2D eigenvalue weighted by atomic mass is 79.9. The molecule has 1 aliphatic carbocycles. The SMILES string of the molecule is CC(C)(C)OC(=O)N1CCN(c2ccc3c(c2)n(C2CCCC2)c2nc(=O)c4c(Br)cccc4n32)CC1(C)C. The number of halogens is 1. The van der Waals surface area contributed by atoms with E-state index in [1.54, 1.807) is 0 Å². The predicted molar refractivity (Wildman–Crippen MR) is 159 cm³/mol. The summed E-state index contributed by atoms with van der Waals surface area (Å²) >= 11 is 3.57. The lowest BCUT2D eigenvalue weighted by Gasteiger charge is -2.47. The Labute approximate surface area is 236 Å². The minimum atomic E-state index is -0.529. The molecule has 2 aromatic heterocycles. The third kappa shape index (κ3) is 4.48. The molecule has 3 heterocycles. The van der Waals surface area contributed by atoms with Crippen LogP contribution in [0.4, 0.5) is 10.5 Å². The van der Waals surface area contributed by atoms with Gasteiger partial charge in [0.1, 0.15) is 5.60 Å². The van der Waals surface area contributed by atoms with Crippen molar-refractivity contribution in [3.63, 3.8) is 0 Å². The zero-order valence-corrected chi connectivity index (χ0v) is 24.9. The van der Waals surface area contributed by atoms with Crippen LogP contribution in [0.15, 0.2) is 45.7 Å². The van der Waals surface area contributed by atoms with Gasteiger partial charge in [-0.25, -0.2) is 4.79 Å². The number of anilines is 1. The zero-order valence-electron chi connectivity index (χ0n) is 23.3. The molecule has 0 unspecified atom stereocenters. The van der Waals surface area contributed by atoms with Gasteiger partial charge in [0.25, 0.3) is 5.56 Å². The Hall–Kier alpha value is -3.07. The Morgan fingerprint density at radius 3 is 2.49 bits per heavy atom. The number of carbonyl (C=O) groups is 1. The molecule has 4 aromatic rings. The Bertz CT molecular complexity index is 1660. The van der Waals surface area contributed by atoms with Gasteiger partial charge in [-0.1, -0.05) is 18.9 Å². The highest BCUT2D eigenvalue weighted by molar-refractivity contribution is 9.10. The van der Waals surface area contributed by atoms with Gasteiger partial charge in [0.15, 0.2) is 0 Å². The summed E-state index contributed by atoms with van der Waals surface area (Å²) < 4.78 is 10.9. The van der Waals surface area contributed by atoms with Gasteiger partial charge in [0.2, 0.25) is 5.78 Å². The van der Waals surface area contributed by atoms with Crippen LogP contribution in [0.5, 0.6) is 0 Å². The molecule has 206 valence electrons. The van der Waals surface area contributed by atoms with Gasteiger partial charge < -0.3 is 14.2 Å². The first-order valence-electron chi connectivity index (χ1n) is 13.9. The fourth-order valence-electron chi connectivity index (χ4n) is 6.37. The number of nitrogens with zero attached hydrogens (tertiary/aromatic N) is 5. The molecule has 1 saturated heterocycles. The van der Waals surface area contributed by atoms with Gasteiger partial charge in [-0.15, -0.1) is 0 Å². The van der Waals surface area contributed by atoms with Crippen LogP contribution in [0.1, 0.15) is 66.3 Å². The fourth-order valence-corrected chi connectivity index (χ4v) is 6.89. The molecule has 1 saturated carbocycles. The number of aromatic nitrogens is 3. The summed E-state index contributed by atoms with van der Waals surface area (Å²) in [5.74, 6) is 0.708.